The molecule has 1 amide bonds. The lowest BCUT2D eigenvalue weighted by Gasteiger charge is -2.36. The Hall–Kier alpha value is -1.07. The summed E-state index contributed by atoms with van der Waals surface area (Å²) < 4.78 is 22.3. The van der Waals surface area contributed by atoms with Gasteiger partial charge in [-0.05, 0) is 19.4 Å². The van der Waals surface area contributed by atoms with Crippen LogP contribution < -0.4 is 0 Å². The number of nitrogens with zero attached hydrogens (tertiary/aromatic N) is 1. The fourth-order valence-corrected chi connectivity index (χ4v) is 4.04. The van der Waals surface area contributed by atoms with Gasteiger partial charge < -0.3 is 4.90 Å². The van der Waals surface area contributed by atoms with Crippen LogP contribution in [0.2, 0.25) is 0 Å². The number of carbonyl (C=O) groups excluding carboxylic acids is 1. The van der Waals surface area contributed by atoms with Crippen molar-refractivity contribution < 1.29 is 13.2 Å². The quantitative estimate of drug-likeness (QED) is 0.801. The summed E-state index contributed by atoms with van der Waals surface area (Å²) in [5.74, 6) is -0.404. The number of carbonyl (C=O) groups is 1. The van der Waals surface area contributed by atoms with Crippen molar-refractivity contribution in [3.63, 3.8) is 0 Å². The van der Waals surface area contributed by atoms with E-state index in [-0.39, 0.29) is 24.0 Å². The minimum atomic E-state index is -3.57. The molecule has 1 aliphatic heterocycles. The lowest BCUT2D eigenvalue weighted by molar-refractivity contribution is -0.132. The zero-order valence-corrected chi connectivity index (χ0v) is 13.1. The minimum absolute atomic E-state index is 0.0239. The highest BCUT2D eigenvalue weighted by molar-refractivity contribution is 8.13. The van der Waals surface area contributed by atoms with E-state index in [4.69, 9.17) is 10.7 Å². The molecule has 0 N–H and O–H groups in total. The smallest absolute Gasteiger partial charge is 0.232 e. The van der Waals surface area contributed by atoms with Crippen LogP contribution in [0.1, 0.15) is 25.8 Å². The van der Waals surface area contributed by atoms with E-state index in [1.165, 1.54) is 0 Å². The number of amides is 1. The van der Waals surface area contributed by atoms with E-state index >= 15 is 0 Å². The molecule has 1 unspecified atom stereocenters. The number of benzene rings is 1. The van der Waals surface area contributed by atoms with Crippen LogP contribution in [0.15, 0.2) is 30.3 Å². The fourth-order valence-electron chi connectivity index (χ4n) is 2.72. The first-order chi connectivity index (χ1) is 9.20. The first-order valence-electron chi connectivity index (χ1n) is 6.48. The molecule has 20 heavy (non-hydrogen) atoms. The molecule has 0 radical (unpaired) electrons. The van der Waals surface area contributed by atoms with Gasteiger partial charge in [-0.15, -0.1) is 0 Å². The van der Waals surface area contributed by atoms with E-state index in [1.807, 2.05) is 44.2 Å². The Bertz CT molecular complexity index is 598. The molecule has 0 bridgehead atoms. The third kappa shape index (κ3) is 3.33. The van der Waals surface area contributed by atoms with E-state index in [2.05, 4.69) is 0 Å². The zero-order chi connectivity index (χ0) is 15.0. The molecule has 1 saturated heterocycles. The summed E-state index contributed by atoms with van der Waals surface area (Å²) in [6, 6.07) is 9.72. The summed E-state index contributed by atoms with van der Waals surface area (Å²) in [7, 11) is 1.71. The number of hydrogen-bond donors (Lipinski definition) is 0. The third-order valence-corrected chi connectivity index (χ3v) is 5.04. The summed E-state index contributed by atoms with van der Waals surface area (Å²) in [6.45, 7) is 4.36. The lowest BCUT2D eigenvalue weighted by atomic mass is 9.92. The van der Waals surface area contributed by atoms with E-state index in [0.717, 1.165) is 5.56 Å². The van der Waals surface area contributed by atoms with Crippen LogP contribution in [-0.4, -0.2) is 31.5 Å². The van der Waals surface area contributed by atoms with Crippen LogP contribution in [-0.2, 0) is 19.4 Å². The summed E-state index contributed by atoms with van der Waals surface area (Å²) in [5.41, 5.74) is 0.575. The van der Waals surface area contributed by atoms with Crippen molar-refractivity contribution in [2.75, 3.05) is 12.3 Å². The van der Waals surface area contributed by atoms with Crippen molar-refractivity contribution in [2.24, 2.45) is 5.92 Å². The molecule has 0 aliphatic carbocycles. The van der Waals surface area contributed by atoms with E-state index in [0.29, 0.717) is 6.54 Å². The molecule has 1 fully saturated rings. The molecule has 6 heteroatoms. The van der Waals surface area contributed by atoms with Gasteiger partial charge >= 0.3 is 0 Å². The predicted molar refractivity (Wildman–Crippen MR) is 78.9 cm³/mol. The molecule has 1 aliphatic rings. The number of rotatable bonds is 4. The fraction of sp³-hybridized carbons (Fsp3) is 0.500. The second-order valence-corrected chi connectivity index (χ2v) is 8.53. The average molecular weight is 316 g/mol. The largest absolute Gasteiger partial charge is 0.333 e. The van der Waals surface area contributed by atoms with Crippen molar-refractivity contribution in [1.82, 2.24) is 4.90 Å². The first-order valence-corrected chi connectivity index (χ1v) is 8.96. The molecule has 0 spiro atoms. The Morgan fingerprint density at radius 1 is 1.30 bits per heavy atom. The van der Waals surface area contributed by atoms with Gasteiger partial charge in [0.25, 0.3) is 0 Å². The molecule has 1 heterocycles. The highest BCUT2D eigenvalue weighted by Crippen LogP contribution is 2.34. The summed E-state index contributed by atoms with van der Waals surface area (Å²) in [5, 5.41) is 0. The van der Waals surface area contributed by atoms with Crippen molar-refractivity contribution >= 4 is 25.6 Å². The van der Waals surface area contributed by atoms with Gasteiger partial charge in [0.15, 0.2) is 0 Å². The van der Waals surface area contributed by atoms with Gasteiger partial charge in [0.1, 0.15) is 0 Å². The van der Waals surface area contributed by atoms with Gasteiger partial charge in [-0.3, -0.25) is 4.79 Å². The second kappa shape index (κ2) is 5.37. The molecular formula is C14H18ClNO3S. The van der Waals surface area contributed by atoms with Gasteiger partial charge in [-0.1, -0.05) is 30.3 Å². The molecule has 1 aromatic rings. The maximum atomic E-state index is 12.2. The van der Waals surface area contributed by atoms with Crippen LogP contribution in [0.25, 0.3) is 0 Å². The summed E-state index contributed by atoms with van der Waals surface area (Å²) in [6.07, 6.45) is 0.238. The van der Waals surface area contributed by atoms with Gasteiger partial charge in [0.2, 0.25) is 15.0 Å². The SMILES string of the molecule is CC(C)(c1ccccc1)N1CC(CS(=O)(=O)Cl)CC1=O. The monoisotopic (exact) mass is 315 g/mol. The Morgan fingerprint density at radius 2 is 1.90 bits per heavy atom. The standard InChI is InChI=1S/C14H18ClNO3S/c1-14(2,12-6-4-3-5-7-12)16-9-11(8-13(16)17)10-20(15,18)19/h3-7,11H,8-10H2,1-2H3. The molecule has 0 saturated carbocycles. The molecule has 0 aromatic heterocycles. The van der Waals surface area contributed by atoms with Gasteiger partial charge in [0, 0.05) is 29.6 Å². The number of halogens is 1. The van der Waals surface area contributed by atoms with Crippen molar-refractivity contribution in [3.05, 3.63) is 35.9 Å². The number of likely N-dealkylation sites (tertiary alicyclic amines) is 1. The summed E-state index contributed by atoms with van der Waals surface area (Å²) >= 11 is 0. The maximum absolute atomic E-state index is 12.2. The van der Waals surface area contributed by atoms with Crippen LogP contribution >= 0.6 is 10.7 Å². The Morgan fingerprint density at radius 3 is 2.45 bits per heavy atom. The maximum Gasteiger partial charge on any atom is 0.232 e. The van der Waals surface area contributed by atoms with Gasteiger partial charge in [-0.2, -0.15) is 0 Å². The van der Waals surface area contributed by atoms with Crippen molar-refractivity contribution in [2.45, 2.75) is 25.8 Å². The topological polar surface area (TPSA) is 54.5 Å². The lowest BCUT2D eigenvalue weighted by Crippen LogP contribution is -2.42. The van der Waals surface area contributed by atoms with E-state index < -0.39 is 14.6 Å². The summed E-state index contributed by atoms with van der Waals surface area (Å²) in [4.78, 5) is 13.9. The Balaban J connectivity index is 2.19. The molecule has 1 atom stereocenters. The predicted octanol–water partition coefficient (Wildman–Crippen LogP) is 2.34. The van der Waals surface area contributed by atoms with Crippen molar-refractivity contribution in [3.8, 4) is 0 Å². The molecule has 2 rings (SSSR count). The van der Waals surface area contributed by atoms with Gasteiger partial charge in [-0.25, -0.2) is 8.42 Å². The number of hydrogen-bond acceptors (Lipinski definition) is 3. The molecule has 4 nitrogen and oxygen atoms in total. The second-order valence-electron chi connectivity index (χ2n) is 5.71. The normalized spacial score (nSPS) is 20.4. The van der Waals surface area contributed by atoms with Crippen LogP contribution in [0, 0.1) is 5.92 Å². The third-order valence-electron chi connectivity index (χ3n) is 3.79. The molecule has 110 valence electrons. The van der Waals surface area contributed by atoms with Crippen molar-refractivity contribution in [1.29, 1.82) is 0 Å². The highest BCUT2D eigenvalue weighted by atomic mass is 35.7. The minimum Gasteiger partial charge on any atom is -0.333 e. The highest BCUT2D eigenvalue weighted by Gasteiger charge is 2.40. The van der Waals surface area contributed by atoms with Crippen LogP contribution in [0.4, 0.5) is 0 Å². The van der Waals surface area contributed by atoms with E-state index in [9.17, 15) is 13.2 Å². The van der Waals surface area contributed by atoms with E-state index in [1.54, 1.807) is 4.90 Å². The molecule has 1 aromatic carbocycles. The average Bonchev–Trinajstić information content (AvgIpc) is 2.69. The Kier molecular flexibility index (Phi) is 4.12. The first kappa shape index (κ1) is 15.3. The van der Waals surface area contributed by atoms with Crippen LogP contribution in [0.5, 0.6) is 0 Å². The zero-order valence-electron chi connectivity index (χ0n) is 11.5. The molecular weight excluding hydrogens is 298 g/mol. The van der Waals surface area contributed by atoms with Gasteiger partial charge in [0.05, 0.1) is 11.3 Å². The Labute approximate surface area is 124 Å². The van der Waals surface area contributed by atoms with Crippen LogP contribution in [0.3, 0.4) is 0 Å².